The molecule has 1 aliphatic carbocycles. The first-order valence-corrected chi connectivity index (χ1v) is 15.8. The van der Waals surface area contributed by atoms with Gasteiger partial charge in [0.1, 0.15) is 6.17 Å². The van der Waals surface area contributed by atoms with Crippen molar-refractivity contribution in [2.24, 2.45) is 22.8 Å². The number of likely N-dealkylation sites (tertiary alicyclic amines) is 2. The van der Waals surface area contributed by atoms with Crippen LogP contribution in [0.1, 0.15) is 70.6 Å². The molecule has 10 heteroatoms. The van der Waals surface area contributed by atoms with E-state index < -0.39 is 18.3 Å². The monoisotopic (exact) mass is 555 g/mol. The predicted octanol–water partition coefficient (Wildman–Crippen LogP) is 1.51. The minimum Gasteiger partial charge on any atom is -0.350 e. The topological polar surface area (TPSA) is 112 Å². The Kier molecular flexibility index (Phi) is 9.88. The lowest BCUT2D eigenvalue weighted by Crippen LogP contribution is -2.65. The lowest BCUT2D eigenvalue weighted by Gasteiger charge is -2.46. The zero-order valence-corrected chi connectivity index (χ0v) is 23.8. The first kappa shape index (κ1) is 29.0. The lowest BCUT2D eigenvalue weighted by molar-refractivity contribution is -0.128. The van der Waals surface area contributed by atoms with E-state index in [1.165, 1.54) is 25.7 Å². The van der Waals surface area contributed by atoms with Crippen LogP contribution in [0.2, 0.25) is 0 Å². The minimum absolute atomic E-state index is 0.0193. The number of amides is 1. The van der Waals surface area contributed by atoms with Gasteiger partial charge in [-0.1, -0.05) is 12.8 Å². The zero-order valence-electron chi connectivity index (χ0n) is 23.1. The van der Waals surface area contributed by atoms with E-state index >= 15 is 0 Å². The number of hydrogen-bond donors (Lipinski definition) is 5. The first-order chi connectivity index (χ1) is 18.3. The summed E-state index contributed by atoms with van der Waals surface area (Å²) < 4.78 is 13.7. The second-order valence-electron chi connectivity index (χ2n) is 13.0. The van der Waals surface area contributed by atoms with Gasteiger partial charge >= 0.3 is 0 Å². The largest absolute Gasteiger partial charge is 0.350 e. The van der Waals surface area contributed by atoms with Gasteiger partial charge < -0.3 is 27.4 Å². The molecule has 7 N–H and O–H groups in total. The van der Waals surface area contributed by atoms with Crippen molar-refractivity contribution in [1.82, 2.24) is 25.8 Å². The number of carbonyl (C=O) groups excluding carboxylic acids is 1. The van der Waals surface area contributed by atoms with Gasteiger partial charge in [0.2, 0.25) is 5.91 Å². The normalized spacial score (nSPS) is 36.8. The fourth-order valence-corrected chi connectivity index (χ4v) is 8.51. The van der Waals surface area contributed by atoms with Crippen LogP contribution in [0.25, 0.3) is 0 Å². The van der Waals surface area contributed by atoms with Crippen LogP contribution in [-0.2, 0) is 4.79 Å². The maximum atomic E-state index is 13.9. The molecule has 1 spiro atoms. The molecular formula is C28H51ClFN7O. The number of piperidine rings is 2. The van der Waals surface area contributed by atoms with Gasteiger partial charge in [0.25, 0.3) is 0 Å². The standard InChI is InChI=1S/C28H51ClFN7O/c29-19-3-10-28(8-1-2-9-28)15-22(34-16-19)25(26(31)32)27(38)35-23-17-33-11-4-24(23)36-13-6-21(7-14-36)37-12-5-20(30)18-37/h19-26,33-34H,1-18,31-32H2,(H,35,38)/t19?,20-,22?,23?,24?,25?/m1/s1. The Morgan fingerprint density at radius 3 is 2.42 bits per heavy atom. The number of nitrogens with zero attached hydrogens (tertiary/aromatic N) is 2. The number of nitrogens with one attached hydrogen (secondary N) is 3. The number of alkyl halides is 2. The Hall–Kier alpha value is -0.550. The number of carbonyl (C=O) groups is 1. The summed E-state index contributed by atoms with van der Waals surface area (Å²) in [5.74, 6) is -0.524. The van der Waals surface area contributed by atoms with E-state index in [9.17, 15) is 9.18 Å². The van der Waals surface area contributed by atoms with E-state index in [2.05, 4.69) is 25.8 Å². The summed E-state index contributed by atoms with van der Waals surface area (Å²) >= 11 is 6.64. The molecular weight excluding hydrogens is 505 g/mol. The molecule has 1 saturated carbocycles. The number of nitrogens with two attached hydrogens (primary N) is 2. The van der Waals surface area contributed by atoms with Crippen molar-refractivity contribution in [3.05, 3.63) is 0 Å². The molecule has 0 radical (unpaired) electrons. The number of rotatable bonds is 6. The lowest BCUT2D eigenvalue weighted by atomic mass is 9.72. The molecule has 6 atom stereocenters. The third kappa shape index (κ3) is 6.84. The van der Waals surface area contributed by atoms with Gasteiger partial charge in [-0.15, -0.1) is 11.6 Å². The van der Waals surface area contributed by atoms with Crippen molar-refractivity contribution in [3.8, 4) is 0 Å². The van der Waals surface area contributed by atoms with Crippen LogP contribution in [0.3, 0.4) is 0 Å². The smallest absolute Gasteiger partial charge is 0.227 e. The quantitative estimate of drug-likeness (QED) is 0.249. The minimum atomic E-state index is -0.732. The van der Waals surface area contributed by atoms with E-state index in [4.69, 9.17) is 23.1 Å². The van der Waals surface area contributed by atoms with Crippen molar-refractivity contribution in [3.63, 3.8) is 0 Å². The average molecular weight is 556 g/mol. The molecule has 38 heavy (non-hydrogen) atoms. The van der Waals surface area contributed by atoms with E-state index in [1.807, 2.05) is 0 Å². The first-order valence-electron chi connectivity index (χ1n) is 15.4. The Balaban J connectivity index is 1.22. The van der Waals surface area contributed by atoms with E-state index in [-0.39, 0.29) is 28.8 Å². The molecule has 1 amide bonds. The maximum Gasteiger partial charge on any atom is 0.227 e. The van der Waals surface area contributed by atoms with Crippen LogP contribution in [0.5, 0.6) is 0 Å². The van der Waals surface area contributed by atoms with Crippen LogP contribution < -0.4 is 27.4 Å². The highest BCUT2D eigenvalue weighted by Gasteiger charge is 2.44. The van der Waals surface area contributed by atoms with Gasteiger partial charge in [0, 0.05) is 62.8 Å². The molecule has 4 aliphatic heterocycles. The molecule has 5 fully saturated rings. The Morgan fingerprint density at radius 1 is 1.00 bits per heavy atom. The fraction of sp³-hybridized carbons (Fsp3) is 0.964. The summed E-state index contributed by atoms with van der Waals surface area (Å²) in [6, 6.07) is 0.730. The fourth-order valence-electron chi connectivity index (χ4n) is 8.31. The van der Waals surface area contributed by atoms with Gasteiger partial charge in [-0.2, -0.15) is 0 Å². The average Bonchev–Trinajstić information content (AvgIpc) is 3.55. The van der Waals surface area contributed by atoms with E-state index in [0.717, 1.165) is 71.2 Å². The Labute approximate surface area is 233 Å². The van der Waals surface area contributed by atoms with Crippen LogP contribution in [0, 0.1) is 11.3 Å². The molecule has 5 rings (SSSR count). The summed E-state index contributed by atoms with van der Waals surface area (Å²) in [5.41, 5.74) is 12.9. The highest BCUT2D eigenvalue weighted by molar-refractivity contribution is 6.20. The number of halogens is 2. The zero-order chi connectivity index (χ0) is 26.7. The summed E-state index contributed by atoms with van der Waals surface area (Å²) in [6.07, 6.45) is 10.4. The molecule has 8 nitrogen and oxygen atoms in total. The van der Waals surface area contributed by atoms with Crippen LogP contribution in [0.4, 0.5) is 4.39 Å². The van der Waals surface area contributed by atoms with E-state index in [0.29, 0.717) is 31.6 Å². The predicted molar refractivity (Wildman–Crippen MR) is 151 cm³/mol. The molecule has 218 valence electrons. The van der Waals surface area contributed by atoms with Crippen LogP contribution in [0.15, 0.2) is 0 Å². The van der Waals surface area contributed by atoms with Crippen LogP contribution in [-0.4, -0.2) is 103 Å². The summed E-state index contributed by atoms with van der Waals surface area (Å²) in [6.45, 7) is 5.87. The molecule has 0 bridgehead atoms. The van der Waals surface area contributed by atoms with Crippen molar-refractivity contribution in [2.75, 3.05) is 45.8 Å². The van der Waals surface area contributed by atoms with Gasteiger partial charge in [-0.25, -0.2) is 4.39 Å². The summed E-state index contributed by atoms with van der Waals surface area (Å²) in [7, 11) is 0. The molecule has 0 aromatic rings. The third-order valence-corrected chi connectivity index (χ3v) is 10.8. The van der Waals surface area contributed by atoms with Gasteiger partial charge in [-0.05, 0) is 69.7 Å². The van der Waals surface area contributed by atoms with E-state index in [1.54, 1.807) is 0 Å². The second-order valence-corrected chi connectivity index (χ2v) is 13.6. The van der Waals surface area contributed by atoms with Crippen molar-refractivity contribution in [2.45, 2.75) is 113 Å². The third-order valence-electron chi connectivity index (χ3n) is 10.5. The molecule has 5 aliphatic rings. The SMILES string of the molecule is NC(N)C(C(=O)NC1CNCCC1N1CCC(N2CC[C@@H](F)C2)CC1)C1CC2(CCCC2)CCC(Cl)CN1. The Bertz CT molecular complexity index is 776. The van der Waals surface area contributed by atoms with Gasteiger partial charge in [-0.3, -0.25) is 14.6 Å². The highest BCUT2D eigenvalue weighted by Crippen LogP contribution is 2.47. The van der Waals surface area contributed by atoms with Crippen molar-refractivity contribution in [1.29, 1.82) is 0 Å². The molecule has 4 heterocycles. The maximum absolute atomic E-state index is 13.9. The summed E-state index contributed by atoms with van der Waals surface area (Å²) in [5, 5.41) is 10.6. The Morgan fingerprint density at radius 2 is 1.74 bits per heavy atom. The van der Waals surface area contributed by atoms with Crippen molar-refractivity contribution < 1.29 is 9.18 Å². The second kappa shape index (κ2) is 13.0. The van der Waals surface area contributed by atoms with Crippen LogP contribution >= 0.6 is 11.6 Å². The van der Waals surface area contributed by atoms with Gasteiger partial charge in [0.05, 0.1) is 18.1 Å². The molecule has 0 aromatic heterocycles. The molecule has 5 unspecified atom stereocenters. The van der Waals surface area contributed by atoms with Gasteiger partial charge in [0.15, 0.2) is 0 Å². The highest BCUT2D eigenvalue weighted by atomic mass is 35.5. The molecule has 4 saturated heterocycles. The van der Waals surface area contributed by atoms with Crippen molar-refractivity contribution >= 4 is 17.5 Å². The summed E-state index contributed by atoms with van der Waals surface area (Å²) in [4.78, 5) is 18.8. The number of hydrogen-bond acceptors (Lipinski definition) is 7. The molecule has 0 aromatic carbocycles.